The SMILES string of the molecule is Cc1sc(C(=O)NN)cc1Br. The average molecular weight is 235 g/mol. The molecule has 0 atom stereocenters. The van der Waals surface area contributed by atoms with Crippen molar-refractivity contribution in [3.63, 3.8) is 0 Å². The normalized spacial score (nSPS) is 9.73. The Bertz CT molecular complexity index is 265. The van der Waals surface area contributed by atoms with E-state index >= 15 is 0 Å². The number of hydrogen-bond acceptors (Lipinski definition) is 3. The second-order valence-corrected chi connectivity index (χ2v) is 4.10. The minimum atomic E-state index is -0.246. The number of nitrogens with two attached hydrogens (primary N) is 1. The first-order valence-electron chi connectivity index (χ1n) is 2.92. The van der Waals surface area contributed by atoms with E-state index in [2.05, 4.69) is 21.4 Å². The fourth-order valence-electron chi connectivity index (χ4n) is 0.643. The molecule has 0 unspecified atom stereocenters. The molecule has 0 bridgehead atoms. The lowest BCUT2D eigenvalue weighted by Crippen LogP contribution is -2.29. The van der Waals surface area contributed by atoms with Gasteiger partial charge in [-0.3, -0.25) is 10.2 Å². The Morgan fingerprint density at radius 3 is 2.82 bits per heavy atom. The van der Waals surface area contributed by atoms with E-state index in [4.69, 9.17) is 5.84 Å². The minimum absolute atomic E-state index is 0.246. The van der Waals surface area contributed by atoms with E-state index in [9.17, 15) is 4.79 Å². The molecular weight excluding hydrogens is 228 g/mol. The summed E-state index contributed by atoms with van der Waals surface area (Å²) in [5.74, 6) is 4.71. The molecule has 1 heterocycles. The van der Waals surface area contributed by atoms with E-state index in [0.717, 1.165) is 9.35 Å². The summed E-state index contributed by atoms with van der Waals surface area (Å²) in [5, 5.41) is 0. The number of nitrogens with one attached hydrogen (secondary N) is 1. The maximum Gasteiger partial charge on any atom is 0.275 e. The Kier molecular flexibility index (Phi) is 2.64. The molecule has 1 rings (SSSR count). The Morgan fingerprint density at radius 2 is 2.45 bits per heavy atom. The van der Waals surface area contributed by atoms with Gasteiger partial charge in [0.1, 0.15) is 0 Å². The van der Waals surface area contributed by atoms with E-state index in [0.29, 0.717) is 4.88 Å². The van der Waals surface area contributed by atoms with E-state index in [1.807, 2.05) is 6.92 Å². The molecule has 11 heavy (non-hydrogen) atoms. The van der Waals surface area contributed by atoms with Crippen molar-refractivity contribution in [3.05, 3.63) is 20.3 Å². The fraction of sp³-hybridized carbons (Fsp3) is 0.167. The lowest BCUT2D eigenvalue weighted by atomic mass is 10.4. The minimum Gasteiger partial charge on any atom is -0.289 e. The van der Waals surface area contributed by atoms with E-state index < -0.39 is 0 Å². The first-order chi connectivity index (χ1) is 5.15. The van der Waals surface area contributed by atoms with Gasteiger partial charge in [0.15, 0.2) is 0 Å². The molecule has 0 spiro atoms. The van der Waals surface area contributed by atoms with Crippen molar-refractivity contribution in [2.45, 2.75) is 6.92 Å². The van der Waals surface area contributed by atoms with Gasteiger partial charge in [0.2, 0.25) is 0 Å². The van der Waals surface area contributed by atoms with Crippen molar-refractivity contribution < 1.29 is 4.79 Å². The summed E-state index contributed by atoms with van der Waals surface area (Å²) >= 11 is 4.71. The van der Waals surface area contributed by atoms with E-state index in [-0.39, 0.29) is 5.91 Å². The number of rotatable bonds is 1. The summed E-state index contributed by atoms with van der Waals surface area (Å²) in [4.78, 5) is 12.6. The van der Waals surface area contributed by atoms with Gasteiger partial charge in [0.25, 0.3) is 5.91 Å². The zero-order valence-corrected chi connectivity index (χ0v) is 8.25. The summed E-state index contributed by atoms with van der Waals surface area (Å²) in [6, 6.07) is 1.75. The predicted octanol–water partition coefficient (Wildman–Crippen LogP) is 1.42. The molecule has 0 aromatic carbocycles. The Labute approximate surface area is 76.7 Å². The van der Waals surface area contributed by atoms with E-state index in [1.165, 1.54) is 11.3 Å². The Morgan fingerprint density at radius 1 is 1.82 bits per heavy atom. The fourth-order valence-corrected chi connectivity index (χ4v) is 2.08. The number of carbonyl (C=O) groups is 1. The lowest BCUT2D eigenvalue weighted by Gasteiger charge is -1.91. The summed E-state index contributed by atoms with van der Waals surface area (Å²) in [6.45, 7) is 1.93. The smallest absolute Gasteiger partial charge is 0.275 e. The Balaban J connectivity index is 2.97. The molecule has 3 N–H and O–H groups in total. The summed E-state index contributed by atoms with van der Waals surface area (Å²) in [5.41, 5.74) is 2.07. The number of halogens is 1. The van der Waals surface area contributed by atoms with Gasteiger partial charge in [-0.25, -0.2) is 5.84 Å². The monoisotopic (exact) mass is 234 g/mol. The predicted molar refractivity (Wildman–Crippen MR) is 48.4 cm³/mol. The van der Waals surface area contributed by atoms with Gasteiger partial charge in [-0.05, 0) is 28.9 Å². The number of thiophene rings is 1. The molecule has 3 nitrogen and oxygen atoms in total. The first-order valence-corrected chi connectivity index (χ1v) is 4.53. The molecule has 0 aliphatic carbocycles. The zero-order valence-electron chi connectivity index (χ0n) is 5.85. The number of nitrogen functional groups attached to an aromatic ring is 1. The van der Waals surface area contributed by atoms with Crippen molar-refractivity contribution in [3.8, 4) is 0 Å². The van der Waals surface area contributed by atoms with Crippen LogP contribution >= 0.6 is 27.3 Å². The van der Waals surface area contributed by atoms with Crippen LogP contribution in [0.25, 0.3) is 0 Å². The van der Waals surface area contributed by atoms with Crippen LogP contribution in [0, 0.1) is 6.92 Å². The third kappa shape index (κ3) is 1.79. The quantitative estimate of drug-likeness (QED) is 0.439. The van der Waals surface area contributed by atoms with Crippen LogP contribution in [0.15, 0.2) is 10.5 Å². The molecule has 0 saturated heterocycles. The number of hydrogen-bond donors (Lipinski definition) is 2. The van der Waals surface area contributed by atoms with Crippen LogP contribution in [0.5, 0.6) is 0 Å². The van der Waals surface area contributed by atoms with Crippen LogP contribution in [0.2, 0.25) is 0 Å². The van der Waals surface area contributed by atoms with Crippen LogP contribution < -0.4 is 11.3 Å². The van der Waals surface area contributed by atoms with Crippen molar-refractivity contribution in [1.29, 1.82) is 0 Å². The highest BCUT2D eigenvalue weighted by Crippen LogP contribution is 2.25. The number of carbonyl (C=O) groups excluding carboxylic acids is 1. The van der Waals surface area contributed by atoms with Gasteiger partial charge in [-0.15, -0.1) is 11.3 Å². The second-order valence-electron chi connectivity index (χ2n) is 1.99. The third-order valence-corrected chi connectivity index (χ3v) is 3.35. The molecule has 0 fully saturated rings. The largest absolute Gasteiger partial charge is 0.289 e. The summed E-state index contributed by atoms with van der Waals surface area (Å²) in [7, 11) is 0. The summed E-state index contributed by atoms with van der Waals surface area (Å²) in [6.07, 6.45) is 0. The van der Waals surface area contributed by atoms with Crippen molar-refractivity contribution in [1.82, 2.24) is 5.43 Å². The molecule has 1 aromatic rings. The second kappa shape index (κ2) is 3.34. The van der Waals surface area contributed by atoms with Gasteiger partial charge < -0.3 is 0 Å². The van der Waals surface area contributed by atoms with Crippen molar-refractivity contribution in [2.24, 2.45) is 5.84 Å². The molecule has 1 aromatic heterocycles. The van der Waals surface area contributed by atoms with Crippen molar-refractivity contribution in [2.75, 3.05) is 0 Å². The Hall–Kier alpha value is -0.390. The van der Waals surface area contributed by atoms with Gasteiger partial charge in [0.05, 0.1) is 4.88 Å². The molecule has 60 valence electrons. The topological polar surface area (TPSA) is 55.1 Å². The molecule has 0 saturated carbocycles. The van der Waals surface area contributed by atoms with Crippen LogP contribution in [0.3, 0.4) is 0 Å². The van der Waals surface area contributed by atoms with Crippen LogP contribution in [-0.2, 0) is 0 Å². The highest BCUT2D eigenvalue weighted by molar-refractivity contribution is 9.10. The maximum atomic E-state index is 10.9. The highest BCUT2D eigenvalue weighted by atomic mass is 79.9. The lowest BCUT2D eigenvalue weighted by molar-refractivity contribution is 0.0957. The zero-order chi connectivity index (χ0) is 8.43. The molecule has 0 aliphatic rings. The molecular formula is C6H7BrN2OS. The number of aryl methyl sites for hydroxylation is 1. The molecule has 5 heteroatoms. The number of hydrazine groups is 1. The van der Waals surface area contributed by atoms with E-state index in [1.54, 1.807) is 6.07 Å². The van der Waals surface area contributed by atoms with Crippen LogP contribution in [-0.4, -0.2) is 5.91 Å². The standard InChI is InChI=1S/C6H7BrN2OS/c1-3-4(7)2-5(11-3)6(10)9-8/h2H,8H2,1H3,(H,9,10). The third-order valence-electron chi connectivity index (χ3n) is 1.21. The van der Waals surface area contributed by atoms with Crippen LogP contribution in [0.1, 0.15) is 14.5 Å². The molecule has 0 radical (unpaired) electrons. The maximum absolute atomic E-state index is 10.9. The highest BCUT2D eigenvalue weighted by Gasteiger charge is 2.08. The van der Waals surface area contributed by atoms with Gasteiger partial charge in [-0.1, -0.05) is 0 Å². The summed E-state index contributed by atoms with van der Waals surface area (Å²) < 4.78 is 0.945. The molecule has 1 amide bonds. The number of amides is 1. The van der Waals surface area contributed by atoms with Gasteiger partial charge in [-0.2, -0.15) is 0 Å². The van der Waals surface area contributed by atoms with Crippen molar-refractivity contribution >= 4 is 33.2 Å². The molecule has 0 aliphatic heterocycles. The van der Waals surface area contributed by atoms with Gasteiger partial charge in [0, 0.05) is 9.35 Å². The van der Waals surface area contributed by atoms with Crippen LogP contribution in [0.4, 0.5) is 0 Å². The average Bonchev–Trinajstić information content (AvgIpc) is 2.31. The first kappa shape index (κ1) is 8.70. The van der Waals surface area contributed by atoms with Gasteiger partial charge >= 0.3 is 0 Å².